The van der Waals surface area contributed by atoms with Gasteiger partial charge in [-0.15, -0.1) is 0 Å². The lowest BCUT2D eigenvalue weighted by atomic mass is 10.1. The van der Waals surface area contributed by atoms with Crippen LogP contribution in [0, 0.1) is 0 Å². The highest BCUT2D eigenvalue weighted by atomic mass is 16.5. The highest BCUT2D eigenvalue weighted by Crippen LogP contribution is 2.06. The van der Waals surface area contributed by atoms with E-state index in [9.17, 15) is 4.79 Å². The molecule has 0 atom stereocenters. The van der Waals surface area contributed by atoms with Crippen LogP contribution in [0.15, 0.2) is 0 Å². The summed E-state index contributed by atoms with van der Waals surface area (Å²) in [4.78, 5) is 11.6. The molecular weight excluding hydrogens is 216 g/mol. The Kier molecular flexibility index (Phi) is 6.72. The summed E-state index contributed by atoms with van der Waals surface area (Å²) in [5.41, 5.74) is -0.229. The minimum Gasteiger partial charge on any atom is -0.374 e. The zero-order valence-corrected chi connectivity index (χ0v) is 12.1. The Balaban J connectivity index is 3.73. The molecule has 0 aliphatic rings. The minimum absolute atomic E-state index is 0.0604. The first-order valence-electron chi connectivity index (χ1n) is 6.32. The molecule has 102 valence electrons. The van der Waals surface area contributed by atoms with Gasteiger partial charge in [0.25, 0.3) is 0 Å². The zero-order valence-electron chi connectivity index (χ0n) is 12.1. The summed E-state index contributed by atoms with van der Waals surface area (Å²) in [6.45, 7) is 14.1. The van der Waals surface area contributed by atoms with E-state index in [0.717, 1.165) is 0 Å². The Labute approximate surface area is 105 Å². The first-order valence-corrected chi connectivity index (χ1v) is 6.32. The van der Waals surface area contributed by atoms with E-state index in [4.69, 9.17) is 4.74 Å². The van der Waals surface area contributed by atoms with Gasteiger partial charge in [0.15, 0.2) is 0 Å². The molecule has 4 nitrogen and oxygen atoms in total. The van der Waals surface area contributed by atoms with E-state index >= 15 is 0 Å². The van der Waals surface area contributed by atoms with Crippen LogP contribution in [0.2, 0.25) is 0 Å². The summed E-state index contributed by atoms with van der Waals surface area (Å²) in [7, 11) is 0. The quantitative estimate of drug-likeness (QED) is 0.716. The normalized spacial score (nSPS) is 12.6. The molecule has 0 saturated heterocycles. The minimum atomic E-state index is -0.290. The van der Waals surface area contributed by atoms with Crippen molar-refractivity contribution in [2.75, 3.05) is 19.7 Å². The van der Waals surface area contributed by atoms with Crippen LogP contribution in [0.4, 0.5) is 0 Å². The molecular formula is C13H28N2O2. The van der Waals surface area contributed by atoms with Crippen LogP contribution in [-0.4, -0.2) is 36.7 Å². The van der Waals surface area contributed by atoms with Gasteiger partial charge in [0.05, 0.1) is 5.60 Å². The smallest absolute Gasteiger partial charge is 0.221 e. The van der Waals surface area contributed by atoms with Crippen LogP contribution in [0.25, 0.3) is 0 Å². The van der Waals surface area contributed by atoms with Gasteiger partial charge in [0.2, 0.25) is 5.91 Å². The third-order valence-corrected chi connectivity index (χ3v) is 2.25. The topological polar surface area (TPSA) is 50.4 Å². The van der Waals surface area contributed by atoms with Crippen LogP contribution in [0.5, 0.6) is 0 Å². The van der Waals surface area contributed by atoms with Crippen molar-refractivity contribution >= 4 is 5.91 Å². The van der Waals surface area contributed by atoms with Gasteiger partial charge >= 0.3 is 0 Å². The summed E-state index contributed by atoms with van der Waals surface area (Å²) in [6, 6.07) is 0. The number of hydrogen-bond acceptors (Lipinski definition) is 3. The second kappa shape index (κ2) is 6.97. The maximum Gasteiger partial charge on any atom is 0.221 e. The van der Waals surface area contributed by atoms with Gasteiger partial charge < -0.3 is 15.4 Å². The average Bonchev–Trinajstić information content (AvgIpc) is 2.13. The Morgan fingerprint density at radius 1 is 1.18 bits per heavy atom. The molecule has 0 unspecified atom stereocenters. The molecule has 0 aromatic heterocycles. The molecule has 4 heteroatoms. The fraction of sp³-hybridized carbons (Fsp3) is 0.923. The number of nitrogens with one attached hydrogen (secondary N) is 2. The monoisotopic (exact) mass is 244 g/mol. The number of carbonyl (C=O) groups is 1. The Morgan fingerprint density at radius 3 is 2.24 bits per heavy atom. The molecule has 1 amide bonds. The zero-order chi connectivity index (χ0) is 13.5. The van der Waals surface area contributed by atoms with Crippen molar-refractivity contribution in [2.24, 2.45) is 0 Å². The molecule has 2 N–H and O–H groups in total. The lowest BCUT2D eigenvalue weighted by Crippen LogP contribution is -2.42. The standard InChI is InChI=1S/C13H28N2O2/c1-7-17-13(5,6)10-14-11(16)8-9-15-12(2,3)4/h15H,7-10H2,1-6H3,(H,14,16). The van der Waals surface area contributed by atoms with Crippen LogP contribution in [-0.2, 0) is 9.53 Å². The molecule has 0 aromatic rings. The molecule has 0 aromatic carbocycles. The predicted molar refractivity (Wildman–Crippen MR) is 71.1 cm³/mol. The molecule has 17 heavy (non-hydrogen) atoms. The molecule has 0 fully saturated rings. The molecule has 0 bridgehead atoms. The lowest BCUT2D eigenvalue weighted by molar-refractivity contribution is -0.122. The second-order valence-corrected chi connectivity index (χ2v) is 5.90. The van der Waals surface area contributed by atoms with Crippen LogP contribution >= 0.6 is 0 Å². The van der Waals surface area contributed by atoms with Crippen molar-refractivity contribution in [3.63, 3.8) is 0 Å². The van der Waals surface area contributed by atoms with E-state index in [1.54, 1.807) is 0 Å². The SMILES string of the molecule is CCOC(C)(C)CNC(=O)CCNC(C)(C)C. The van der Waals surface area contributed by atoms with Gasteiger partial charge in [-0.1, -0.05) is 0 Å². The van der Waals surface area contributed by atoms with E-state index in [1.165, 1.54) is 0 Å². The Hall–Kier alpha value is -0.610. The van der Waals surface area contributed by atoms with Crippen molar-refractivity contribution in [3.05, 3.63) is 0 Å². The molecule has 0 aliphatic heterocycles. The summed E-state index contributed by atoms with van der Waals surface area (Å²) >= 11 is 0. The number of amides is 1. The Bertz CT molecular complexity index is 232. The van der Waals surface area contributed by atoms with E-state index in [2.05, 4.69) is 31.4 Å². The van der Waals surface area contributed by atoms with Gasteiger partial charge in [0, 0.05) is 31.7 Å². The molecule has 0 heterocycles. The number of rotatable bonds is 7. The van der Waals surface area contributed by atoms with Crippen LogP contribution in [0.3, 0.4) is 0 Å². The maximum absolute atomic E-state index is 11.6. The second-order valence-electron chi connectivity index (χ2n) is 5.90. The van der Waals surface area contributed by atoms with E-state index in [1.807, 2.05) is 20.8 Å². The molecule has 0 saturated carbocycles. The van der Waals surface area contributed by atoms with Crippen molar-refractivity contribution in [1.29, 1.82) is 0 Å². The third kappa shape index (κ3) is 10.3. The molecule has 0 spiro atoms. The van der Waals surface area contributed by atoms with Crippen molar-refractivity contribution in [1.82, 2.24) is 10.6 Å². The van der Waals surface area contributed by atoms with E-state index < -0.39 is 0 Å². The molecule has 0 rings (SSSR count). The average molecular weight is 244 g/mol. The van der Waals surface area contributed by atoms with Crippen molar-refractivity contribution in [3.8, 4) is 0 Å². The number of ether oxygens (including phenoxy) is 1. The predicted octanol–water partition coefficient (Wildman–Crippen LogP) is 1.70. The maximum atomic E-state index is 11.6. The summed E-state index contributed by atoms with van der Waals surface area (Å²) < 4.78 is 5.51. The fourth-order valence-corrected chi connectivity index (χ4v) is 1.39. The van der Waals surface area contributed by atoms with Gasteiger partial charge in [-0.05, 0) is 41.5 Å². The van der Waals surface area contributed by atoms with Crippen molar-refractivity contribution in [2.45, 2.75) is 59.1 Å². The van der Waals surface area contributed by atoms with Gasteiger partial charge in [-0.3, -0.25) is 4.79 Å². The number of hydrogen-bond donors (Lipinski definition) is 2. The van der Waals surface area contributed by atoms with Gasteiger partial charge in [-0.2, -0.15) is 0 Å². The fourth-order valence-electron chi connectivity index (χ4n) is 1.39. The lowest BCUT2D eigenvalue weighted by Gasteiger charge is -2.25. The number of carbonyl (C=O) groups excluding carboxylic acids is 1. The third-order valence-electron chi connectivity index (χ3n) is 2.25. The first-order chi connectivity index (χ1) is 7.66. The summed E-state index contributed by atoms with van der Waals surface area (Å²) in [5.74, 6) is 0.0644. The van der Waals surface area contributed by atoms with Gasteiger partial charge in [0.1, 0.15) is 0 Å². The summed E-state index contributed by atoms with van der Waals surface area (Å²) in [6.07, 6.45) is 0.499. The van der Waals surface area contributed by atoms with Crippen molar-refractivity contribution < 1.29 is 9.53 Å². The van der Waals surface area contributed by atoms with Crippen LogP contribution in [0.1, 0.15) is 48.0 Å². The highest BCUT2D eigenvalue weighted by Gasteiger charge is 2.18. The van der Waals surface area contributed by atoms with Gasteiger partial charge in [-0.25, -0.2) is 0 Å². The first kappa shape index (κ1) is 16.4. The van der Waals surface area contributed by atoms with E-state index in [-0.39, 0.29) is 17.0 Å². The summed E-state index contributed by atoms with van der Waals surface area (Å²) in [5, 5.41) is 6.17. The molecule has 0 radical (unpaired) electrons. The van der Waals surface area contributed by atoms with Crippen LogP contribution < -0.4 is 10.6 Å². The molecule has 0 aliphatic carbocycles. The largest absolute Gasteiger partial charge is 0.374 e. The van der Waals surface area contributed by atoms with E-state index in [0.29, 0.717) is 26.1 Å². The highest BCUT2D eigenvalue weighted by molar-refractivity contribution is 5.76. The Morgan fingerprint density at radius 2 is 1.76 bits per heavy atom.